The summed E-state index contributed by atoms with van der Waals surface area (Å²) in [7, 11) is 0. The van der Waals surface area contributed by atoms with E-state index in [1.54, 1.807) is 30.3 Å². The summed E-state index contributed by atoms with van der Waals surface area (Å²) in [6.45, 7) is 3.69. The van der Waals surface area contributed by atoms with Crippen molar-refractivity contribution in [2.75, 3.05) is 6.54 Å². The Morgan fingerprint density at radius 2 is 1.97 bits per heavy atom. The SMILES string of the molecule is Cc1ccc(C(F)CNC(=O)c2c(Oc3cccc(Cl)c3)nnc3c2CCCC3)c(C)c1. The first-order chi connectivity index (χ1) is 15.4. The topological polar surface area (TPSA) is 64.1 Å². The van der Waals surface area contributed by atoms with Gasteiger partial charge in [-0.2, -0.15) is 5.10 Å². The van der Waals surface area contributed by atoms with Gasteiger partial charge in [0.25, 0.3) is 11.8 Å². The molecule has 1 unspecified atom stereocenters. The molecule has 1 atom stereocenters. The van der Waals surface area contributed by atoms with E-state index in [2.05, 4.69) is 15.5 Å². The molecule has 1 aromatic heterocycles. The van der Waals surface area contributed by atoms with Crippen molar-refractivity contribution >= 4 is 17.5 Å². The monoisotopic (exact) mass is 453 g/mol. The summed E-state index contributed by atoms with van der Waals surface area (Å²) in [4.78, 5) is 13.2. The van der Waals surface area contributed by atoms with Crippen LogP contribution in [-0.2, 0) is 12.8 Å². The molecule has 1 amide bonds. The standard InChI is InChI=1S/C25H25ClFN3O2/c1-15-10-11-19(16(2)12-15)21(27)14-28-24(31)23-20-8-3-4-9-22(20)29-30-25(23)32-18-7-5-6-17(26)13-18/h5-7,10-13,21H,3-4,8-9,14H2,1-2H3,(H,28,31). The number of fused-ring (bicyclic) bond motifs is 1. The smallest absolute Gasteiger partial charge is 0.257 e. The van der Waals surface area contributed by atoms with E-state index in [9.17, 15) is 9.18 Å². The van der Waals surface area contributed by atoms with Gasteiger partial charge >= 0.3 is 0 Å². The average molecular weight is 454 g/mol. The lowest BCUT2D eigenvalue weighted by Crippen LogP contribution is -2.30. The van der Waals surface area contributed by atoms with Crippen molar-refractivity contribution in [3.8, 4) is 11.6 Å². The molecule has 7 heteroatoms. The minimum atomic E-state index is -1.32. The number of rotatable bonds is 6. The van der Waals surface area contributed by atoms with Crippen LogP contribution in [0, 0.1) is 13.8 Å². The average Bonchev–Trinajstić information content (AvgIpc) is 2.77. The third-order valence-corrected chi connectivity index (χ3v) is 5.89. The van der Waals surface area contributed by atoms with Gasteiger partial charge in [-0.05, 0) is 74.4 Å². The molecule has 3 aromatic rings. The molecular weight excluding hydrogens is 429 g/mol. The molecule has 0 radical (unpaired) electrons. The van der Waals surface area contributed by atoms with E-state index in [-0.39, 0.29) is 12.4 Å². The second-order valence-electron chi connectivity index (χ2n) is 8.11. The van der Waals surface area contributed by atoms with Gasteiger partial charge in [0.1, 0.15) is 17.5 Å². The maximum atomic E-state index is 14.9. The molecule has 0 fully saturated rings. The Morgan fingerprint density at radius 1 is 1.16 bits per heavy atom. The highest BCUT2D eigenvalue weighted by Crippen LogP contribution is 2.31. The Bertz CT molecular complexity index is 1150. The number of hydrogen-bond acceptors (Lipinski definition) is 4. The highest BCUT2D eigenvalue weighted by Gasteiger charge is 2.26. The fourth-order valence-corrected chi connectivity index (χ4v) is 4.24. The predicted molar refractivity (Wildman–Crippen MR) is 122 cm³/mol. The first-order valence-electron chi connectivity index (χ1n) is 10.7. The molecular formula is C25H25ClFN3O2. The number of alkyl halides is 1. The molecule has 1 N–H and O–H groups in total. The largest absolute Gasteiger partial charge is 0.437 e. The van der Waals surface area contributed by atoms with Crippen molar-refractivity contribution in [1.29, 1.82) is 0 Å². The molecule has 0 bridgehead atoms. The summed E-state index contributed by atoms with van der Waals surface area (Å²) in [5, 5.41) is 11.7. The predicted octanol–water partition coefficient (Wildman–Crippen LogP) is 5.86. The molecule has 0 aliphatic heterocycles. The lowest BCUT2D eigenvalue weighted by Gasteiger charge is -2.20. The van der Waals surface area contributed by atoms with Crippen LogP contribution in [0.15, 0.2) is 42.5 Å². The van der Waals surface area contributed by atoms with Gasteiger partial charge in [0.15, 0.2) is 0 Å². The quantitative estimate of drug-likeness (QED) is 0.507. The van der Waals surface area contributed by atoms with Crippen LogP contribution in [0.4, 0.5) is 4.39 Å². The number of carbonyl (C=O) groups is 1. The van der Waals surface area contributed by atoms with Crippen molar-refractivity contribution in [1.82, 2.24) is 15.5 Å². The first kappa shape index (κ1) is 22.2. The number of carbonyl (C=O) groups excluding carboxylic acids is 1. The third kappa shape index (κ3) is 4.91. The van der Waals surface area contributed by atoms with Crippen LogP contribution in [0.1, 0.15) is 57.3 Å². The normalized spacial score (nSPS) is 13.9. The molecule has 5 nitrogen and oxygen atoms in total. The third-order valence-electron chi connectivity index (χ3n) is 5.66. The molecule has 32 heavy (non-hydrogen) atoms. The molecule has 0 spiro atoms. The highest BCUT2D eigenvalue weighted by molar-refractivity contribution is 6.30. The zero-order chi connectivity index (χ0) is 22.7. The molecule has 1 aliphatic carbocycles. The van der Waals surface area contributed by atoms with Crippen molar-refractivity contribution in [3.05, 3.63) is 81.0 Å². The van der Waals surface area contributed by atoms with Crippen molar-refractivity contribution < 1.29 is 13.9 Å². The number of aryl methyl sites for hydroxylation is 3. The number of amides is 1. The molecule has 1 aliphatic rings. The van der Waals surface area contributed by atoms with Crippen molar-refractivity contribution in [3.63, 3.8) is 0 Å². The number of ether oxygens (including phenoxy) is 1. The van der Waals surface area contributed by atoms with E-state index < -0.39 is 12.1 Å². The molecule has 0 saturated carbocycles. The molecule has 1 heterocycles. The van der Waals surface area contributed by atoms with E-state index in [0.717, 1.165) is 41.6 Å². The van der Waals surface area contributed by atoms with Crippen LogP contribution >= 0.6 is 11.6 Å². The van der Waals surface area contributed by atoms with Crippen LogP contribution in [-0.4, -0.2) is 22.6 Å². The minimum absolute atomic E-state index is 0.104. The van der Waals surface area contributed by atoms with Crippen LogP contribution in [0.2, 0.25) is 5.02 Å². The zero-order valence-corrected chi connectivity index (χ0v) is 18.9. The van der Waals surface area contributed by atoms with Crippen LogP contribution < -0.4 is 10.1 Å². The van der Waals surface area contributed by atoms with Gasteiger partial charge in [-0.1, -0.05) is 41.4 Å². The summed E-state index contributed by atoms with van der Waals surface area (Å²) in [5.74, 6) is 0.144. The van der Waals surface area contributed by atoms with Crippen molar-refractivity contribution in [2.45, 2.75) is 45.7 Å². The van der Waals surface area contributed by atoms with Gasteiger partial charge in [-0.3, -0.25) is 4.79 Å². The number of nitrogens with one attached hydrogen (secondary N) is 1. The number of halogens is 2. The van der Waals surface area contributed by atoms with Gasteiger partial charge in [-0.25, -0.2) is 4.39 Å². The number of aromatic nitrogens is 2. The van der Waals surface area contributed by atoms with E-state index in [4.69, 9.17) is 16.3 Å². The zero-order valence-electron chi connectivity index (χ0n) is 18.1. The van der Waals surface area contributed by atoms with Crippen LogP contribution in [0.5, 0.6) is 11.6 Å². The van der Waals surface area contributed by atoms with E-state index >= 15 is 0 Å². The minimum Gasteiger partial charge on any atom is -0.437 e. The van der Waals surface area contributed by atoms with Crippen LogP contribution in [0.3, 0.4) is 0 Å². The summed E-state index contributed by atoms with van der Waals surface area (Å²) in [5.41, 5.74) is 4.44. The molecule has 166 valence electrons. The van der Waals surface area contributed by atoms with Gasteiger partial charge in [0.05, 0.1) is 12.2 Å². The van der Waals surface area contributed by atoms with E-state index in [0.29, 0.717) is 28.3 Å². The fraction of sp³-hybridized carbons (Fsp3) is 0.320. The van der Waals surface area contributed by atoms with Gasteiger partial charge < -0.3 is 10.1 Å². The summed E-state index contributed by atoms with van der Waals surface area (Å²) >= 11 is 6.06. The number of benzene rings is 2. The van der Waals surface area contributed by atoms with Crippen molar-refractivity contribution in [2.24, 2.45) is 0 Å². The number of hydrogen-bond donors (Lipinski definition) is 1. The lowest BCUT2D eigenvalue weighted by atomic mass is 9.92. The van der Waals surface area contributed by atoms with Crippen LogP contribution in [0.25, 0.3) is 0 Å². The maximum absolute atomic E-state index is 14.9. The Balaban J connectivity index is 1.59. The van der Waals surface area contributed by atoms with Gasteiger partial charge in [0, 0.05) is 5.02 Å². The molecule has 4 rings (SSSR count). The first-order valence-corrected chi connectivity index (χ1v) is 11.1. The Morgan fingerprint density at radius 3 is 2.75 bits per heavy atom. The summed E-state index contributed by atoms with van der Waals surface area (Å²) in [6.07, 6.45) is 2.09. The second kappa shape index (κ2) is 9.65. The van der Waals surface area contributed by atoms with E-state index in [1.807, 2.05) is 26.0 Å². The maximum Gasteiger partial charge on any atom is 0.257 e. The summed E-state index contributed by atoms with van der Waals surface area (Å²) < 4.78 is 20.8. The molecule has 2 aromatic carbocycles. The summed E-state index contributed by atoms with van der Waals surface area (Å²) in [6, 6.07) is 12.4. The lowest BCUT2D eigenvalue weighted by molar-refractivity contribution is 0.0937. The van der Waals surface area contributed by atoms with Gasteiger partial charge in [0.2, 0.25) is 0 Å². The van der Waals surface area contributed by atoms with Gasteiger partial charge in [-0.15, -0.1) is 5.10 Å². The fourth-order valence-electron chi connectivity index (χ4n) is 4.06. The second-order valence-corrected chi connectivity index (χ2v) is 8.55. The Labute approximate surface area is 192 Å². The number of nitrogens with zero attached hydrogens (tertiary/aromatic N) is 2. The Hall–Kier alpha value is -2.99. The highest BCUT2D eigenvalue weighted by atomic mass is 35.5. The van der Waals surface area contributed by atoms with E-state index in [1.165, 1.54) is 0 Å². The Kier molecular flexibility index (Phi) is 6.70. The molecule has 0 saturated heterocycles.